The van der Waals surface area contributed by atoms with Crippen molar-refractivity contribution in [2.45, 2.75) is 50.3 Å². The van der Waals surface area contributed by atoms with Crippen LogP contribution in [0, 0.1) is 0 Å². The Kier molecular flexibility index (Phi) is 11.5. The highest BCUT2D eigenvalue weighted by Gasteiger charge is 2.34. The smallest absolute Gasteiger partial charge is 0.284 e. The van der Waals surface area contributed by atoms with Crippen LogP contribution >= 0.6 is 27.7 Å². The summed E-state index contributed by atoms with van der Waals surface area (Å²) in [6.45, 7) is 6.63. The van der Waals surface area contributed by atoms with Gasteiger partial charge in [-0.25, -0.2) is 0 Å². The summed E-state index contributed by atoms with van der Waals surface area (Å²) in [5, 5.41) is 0.0786. The molecule has 10 heteroatoms. The number of carbonyl (C=O) groups is 1. The van der Waals surface area contributed by atoms with Crippen molar-refractivity contribution in [3.63, 3.8) is 0 Å². The minimum atomic E-state index is -4.01. The van der Waals surface area contributed by atoms with Crippen LogP contribution in [0.4, 0.5) is 0 Å². The van der Waals surface area contributed by atoms with Gasteiger partial charge in [0, 0.05) is 11.0 Å². The summed E-state index contributed by atoms with van der Waals surface area (Å²) in [6.07, 6.45) is 10.3. The molecule has 0 radical (unpaired) electrons. The number of unbranched alkanes of at least 4 members (excludes halogenated alkanes) is 5. The number of rotatable bonds is 14. The van der Waals surface area contributed by atoms with Gasteiger partial charge in [0.1, 0.15) is 0 Å². The summed E-state index contributed by atoms with van der Waals surface area (Å²) in [7, 11) is -2.44. The minimum Gasteiger partial charge on any atom is -0.493 e. The summed E-state index contributed by atoms with van der Waals surface area (Å²) in [4.78, 5) is 14.8. The Morgan fingerprint density at radius 3 is 2.45 bits per heavy atom. The molecule has 0 aromatic heterocycles. The van der Waals surface area contributed by atoms with Crippen LogP contribution in [0.5, 0.6) is 11.5 Å². The molecule has 1 heterocycles. The van der Waals surface area contributed by atoms with E-state index in [0.29, 0.717) is 23.0 Å². The topological polar surface area (TPSA) is 85.3 Å². The van der Waals surface area contributed by atoms with Crippen molar-refractivity contribution in [2.24, 2.45) is 4.40 Å². The number of methoxy groups -OCH3 is 1. The molecule has 2 aromatic carbocycles. The summed E-state index contributed by atoms with van der Waals surface area (Å²) in [6, 6.07) is 11.6. The van der Waals surface area contributed by atoms with Crippen molar-refractivity contribution in [3.05, 3.63) is 70.1 Å². The van der Waals surface area contributed by atoms with Crippen LogP contribution in [0.15, 0.2) is 73.8 Å². The van der Waals surface area contributed by atoms with Crippen LogP contribution < -0.4 is 9.47 Å². The Bertz CT molecular complexity index is 1290. The van der Waals surface area contributed by atoms with Gasteiger partial charge in [0.25, 0.3) is 15.9 Å². The van der Waals surface area contributed by atoms with Crippen LogP contribution in [0.1, 0.15) is 51.0 Å². The molecule has 7 nitrogen and oxygen atoms in total. The zero-order valence-electron chi connectivity index (χ0n) is 21.7. The molecule has 2 aromatic rings. The number of nitrogens with zero attached hydrogens (tertiary/aromatic N) is 2. The second-order valence-electron chi connectivity index (χ2n) is 8.64. The van der Waals surface area contributed by atoms with Gasteiger partial charge in [-0.2, -0.15) is 8.42 Å². The molecule has 1 aliphatic rings. The molecular formula is C28H33BrN2O5S2. The normalized spacial score (nSPS) is 15.9. The van der Waals surface area contributed by atoms with E-state index in [1.54, 1.807) is 31.4 Å². The number of ether oxygens (including phenoxy) is 2. The van der Waals surface area contributed by atoms with Gasteiger partial charge in [0.2, 0.25) is 0 Å². The molecule has 0 aliphatic carbocycles. The highest BCUT2D eigenvalue weighted by atomic mass is 79.9. The maximum atomic E-state index is 13.1. The number of hydrogen-bond donors (Lipinski definition) is 0. The Morgan fingerprint density at radius 1 is 1.05 bits per heavy atom. The predicted molar refractivity (Wildman–Crippen MR) is 158 cm³/mol. The first kappa shape index (κ1) is 30.0. The third kappa shape index (κ3) is 8.22. The van der Waals surface area contributed by atoms with E-state index >= 15 is 0 Å². The lowest BCUT2D eigenvalue weighted by Crippen LogP contribution is -2.29. The number of amides is 1. The van der Waals surface area contributed by atoms with Crippen LogP contribution in [0.3, 0.4) is 0 Å². The Balaban J connectivity index is 1.76. The van der Waals surface area contributed by atoms with Crippen molar-refractivity contribution in [2.75, 3.05) is 20.3 Å². The van der Waals surface area contributed by atoms with E-state index in [9.17, 15) is 13.2 Å². The molecule has 38 heavy (non-hydrogen) atoms. The fourth-order valence-corrected chi connectivity index (χ4v) is 6.19. The van der Waals surface area contributed by atoms with E-state index in [1.165, 1.54) is 48.8 Å². The second-order valence-corrected chi connectivity index (χ2v) is 12.2. The van der Waals surface area contributed by atoms with E-state index in [0.717, 1.165) is 34.6 Å². The van der Waals surface area contributed by atoms with Crippen molar-refractivity contribution in [1.82, 2.24) is 4.90 Å². The highest BCUT2D eigenvalue weighted by molar-refractivity contribution is 9.10. The molecule has 204 valence electrons. The molecule has 0 atom stereocenters. The van der Waals surface area contributed by atoms with Gasteiger partial charge < -0.3 is 9.47 Å². The van der Waals surface area contributed by atoms with Gasteiger partial charge in [0.15, 0.2) is 16.7 Å². The third-order valence-corrected chi connectivity index (χ3v) is 8.68. The number of sulfonamides is 1. The van der Waals surface area contributed by atoms with Crippen molar-refractivity contribution in [3.8, 4) is 11.5 Å². The molecule has 0 bridgehead atoms. The number of hydrogen-bond acceptors (Lipinski definition) is 6. The SMILES string of the molecule is C=CCN1C(=O)/C(=C/c2ccc(OCCCCCCCC)c(OC)c2)S/C1=N/S(=O)(=O)c1ccc(Br)cc1. The number of benzene rings is 2. The molecule has 1 fully saturated rings. The number of amidine groups is 1. The standard InChI is InChI=1S/C28H33BrN2O5S2/c1-4-6-7-8-9-10-18-36-24-16-11-21(19-25(24)35-3)20-26-27(32)31(17-5-2)28(37-26)30-38(33,34)23-14-12-22(29)13-15-23/h5,11-16,19-20H,2,4,6-10,17-18H2,1,3H3/b26-20-,30-28+. The Morgan fingerprint density at radius 2 is 1.76 bits per heavy atom. The molecule has 0 unspecified atom stereocenters. The molecule has 0 N–H and O–H groups in total. The van der Waals surface area contributed by atoms with Gasteiger partial charge in [-0.15, -0.1) is 11.0 Å². The molecule has 1 amide bonds. The van der Waals surface area contributed by atoms with E-state index in [-0.39, 0.29) is 22.5 Å². The lowest BCUT2D eigenvalue weighted by molar-refractivity contribution is -0.121. The zero-order valence-corrected chi connectivity index (χ0v) is 24.9. The highest BCUT2D eigenvalue weighted by Crippen LogP contribution is 2.35. The summed E-state index contributed by atoms with van der Waals surface area (Å²) < 4.78 is 41.9. The monoisotopic (exact) mass is 620 g/mol. The van der Waals surface area contributed by atoms with Gasteiger partial charge in [0.05, 0.1) is 23.5 Å². The fourth-order valence-electron chi connectivity index (χ4n) is 3.74. The van der Waals surface area contributed by atoms with E-state index in [2.05, 4.69) is 33.8 Å². The van der Waals surface area contributed by atoms with E-state index in [4.69, 9.17) is 9.47 Å². The third-order valence-electron chi connectivity index (χ3n) is 5.75. The quantitative estimate of drug-likeness (QED) is 0.128. The van der Waals surface area contributed by atoms with Crippen LogP contribution in [0.2, 0.25) is 0 Å². The molecule has 0 spiro atoms. The van der Waals surface area contributed by atoms with Crippen molar-refractivity contribution >= 4 is 54.9 Å². The number of carbonyl (C=O) groups excluding carboxylic acids is 1. The van der Waals surface area contributed by atoms with E-state index in [1.807, 2.05) is 12.1 Å². The second kappa shape index (κ2) is 14.6. The molecule has 0 saturated carbocycles. The largest absolute Gasteiger partial charge is 0.493 e. The Hall–Kier alpha value is -2.56. The van der Waals surface area contributed by atoms with E-state index < -0.39 is 10.0 Å². The van der Waals surface area contributed by atoms with Crippen molar-refractivity contribution < 1.29 is 22.7 Å². The Labute approximate surface area is 238 Å². The zero-order chi connectivity index (χ0) is 27.5. The maximum Gasteiger partial charge on any atom is 0.284 e. The molecular weight excluding hydrogens is 588 g/mol. The van der Waals surface area contributed by atoms with Gasteiger partial charge >= 0.3 is 0 Å². The first-order valence-electron chi connectivity index (χ1n) is 12.5. The molecule has 3 rings (SSSR count). The van der Waals surface area contributed by atoms with Gasteiger partial charge in [-0.1, -0.05) is 67.1 Å². The summed E-state index contributed by atoms with van der Waals surface area (Å²) in [5.41, 5.74) is 0.722. The van der Waals surface area contributed by atoms with Crippen LogP contribution in [-0.4, -0.2) is 44.7 Å². The number of halogens is 1. The average Bonchev–Trinajstić information content (AvgIpc) is 3.17. The summed E-state index contributed by atoms with van der Waals surface area (Å²) >= 11 is 4.30. The first-order valence-corrected chi connectivity index (χ1v) is 15.6. The fraction of sp³-hybridized carbons (Fsp3) is 0.357. The predicted octanol–water partition coefficient (Wildman–Crippen LogP) is 7.04. The van der Waals surface area contributed by atoms with Gasteiger partial charge in [-0.3, -0.25) is 9.69 Å². The van der Waals surface area contributed by atoms with Crippen LogP contribution in [-0.2, 0) is 14.8 Å². The lowest BCUT2D eigenvalue weighted by atomic mass is 10.1. The average molecular weight is 622 g/mol. The molecule has 1 aliphatic heterocycles. The first-order chi connectivity index (χ1) is 18.3. The lowest BCUT2D eigenvalue weighted by Gasteiger charge is -2.12. The maximum absolute atomic E-state index is 13.1. The molecule has 1 saturated heterocycles. The van der Waals surface area contributed by atoms with Crippen LogP contribution in [0.25, 0.3) is 6.08 Å². The van der Waals surface area contributed by atoms with Gasteiger partial charge in [-0.05, 0) is 66.2 Å². The van der Waals surface area contributed by atoms with Crippen molar-refractivity contribution in [1.29, 1.82) is 0 Å². The minimum absolute atomic E-state index is 0.0403. The number of thioether (sulfide) groups is 1. The summed E-state index contributed by atoms with van der Waals surface area (Å²) in [5.74, 6) is 0.863.